The van der Waals surface area contributed by atoms with Crippen molar-refractivity contribution in [2.45, 2.75) is 94.9 Å². The molecule has 0 aromatic carbocycles. The minimum atomic E-state index is -2.08. The molecule has 0 aliphatic carbocycles. The molecule has 0 radical (unpaired) electrons. The number of nitrogens with zero attached hydrogens (tertiary/aromatic N) is 1. The Bertz CT molecular complexity index is 1580. The highest BCUT2D eigenvalue weighted by atomic mass is 33.1. The topological polar surface area (TPSA) is 184 Å². The zero-order valence-corrected chi connectivity index (χ0v) is 29.5. The van der Waals surface area contributed by atoms with Gasteiger partial charge in [-0.3, -0.25) is 24.0 Å². The number of aliphatic hydroxyl groups is 1. The quantitative estimate of drug-likeness (QED) is 0.257. The minimum absolute atomic E-state index is 0.0231. The van der Waals surface area contributed by atoms with Crippen molar-refractivity contribution < 1.29 is 52.2 Å². The number of carbonyl (C=O) groups is 5. The molecule has 16 heteroatoms. The van der Waals surface area contributed by atoms with Crippen molar-refractivity contribution >= 4 is 66.8 Å². The number of nitrogens with one attached hydrogen (secondary N) is 1. The maximum absolute atomic E-state index is 13.5. The number of fused-ring (bicyclic) bond motifs is 2. The number of allylic oxidation sites excluding steroid dienone is 3. The number of esters is 2. The fourth-order valence-corrected chi connectivity index (χ4v) is 9.96. The maximum Gasteiger partial charge on any atom is 0.303 e. The Balaban J connectivity index is 1.67. The highest BCUT2D eigenvalue weighted by Crippen LogP contribution is 2.50. The van der Waals surface area contributed by atoms with Gasteiger partial charge in [0.2, 0.25) is 11.0 Å². The number of amides is 1. The first kappa shape index (κ1) is 37.5. The van der Waals surface area contributed by atoms with Crippen LogP contribution in [0.4, 0.5) is 0 Å². The van der Waals surface area contributed by atoms with Crippen LogP contribution in [0.15, 0.2) is 47.4 Å². The van der Waals surface area contributed by atoms with Crippen LogP contribution in [0.5, 0.6) is 0 Å². The summed E-state index contributed by atoms with van der Waals surface area (Å²) in [4.78, 5) is 67.2. The Morgan fingerprint density at radius 2 is 1.90 bits per heavy atom. The molecule has 1 aromatic heterocycles. The molecule has 1 aromatic rings. The van der Waals surface area contributed by atoms with Gasteiger partial charge in [-0.2, -0.15) is 0 Å². The molecule has 48 heavy (non-hydrogen) atoms. The van der Waals surface area contributed by atoms with Gasteiger partial charge >= 0.3 is 11.9 Å². The molecule has 6 unspecified atom stereocenters. The summed E-state index contributed by atoms with van der Waals surface area (Å²) in [5.74, 6) is -2.10. The summed E-state index contributed by atoms with van der Waals surface area (Å²) in [5.41, 5.74) is -0.890. The van der Waals surface area contributed by atoms with E-state index in [-0.39, 0.29) is 19.4 Å². The van der Waals surface area contributed by atoms with Crippen LogP contribution < -0.4 is 5.32 Å². The second-order valence-corrected chi connectivity index (χ2v) is 15.8. The van der Waals surface area contributed by atoms with Gasteiger partial charge in [-0.05, 0) is 64.0 Å². The van der Waals surface area contributed by atoms with Gasteiger partial charge in [0.1, 0.15) is 40.3 Å². The van der Waals surface area contributed by atoms with Crippen LogP contribution in [0.3, 0.4) is 0 Å². The van der Waals surface area contributed by atoms with E-state index < -0.39 is 86.0 Å². The van der Waals surface area contributed by atoms with Crippen molar-refractivity contribution in [3.05, 3.63) is 58.1 Å². The molecule has 260 valence electrons. The number of hydrogen-bond donors (Lipinski definition) is 2. The Labute approximate surface area is 288 Å². The summed E-state index contributed by atoms with van der Waals surface area (Å²) in [6.45, 7) is 6.95. The molecule has 2 bridgehead atoms. The summed E-state index contributed by atoms with van der Waals surface area (Å²) in [7, 11) is -1.45. The first-order valence-electron chi connectivity index (χ1n) is 15.1. The van der Waals surface area contributed by atoms with E-state index in [2.05, 4.69) is 10.3 Å². The molecule has 1 saturated heterocycles. The lowest BCUT2D eigenvalue weighted by atomic mass is 9.81. The van der Waals surface area contributed by atoms with Gasteiger partial charge in [-0.15, -0.1) is 11.3 Å². The number of hydrogen-bond acceptors (Lipinski definition) is 14. The Morgan fingerprint density at radius 1 is 1.17 bits per heavy atom. The summed E-state index contributed by atoms with van der Waals surface area (Å²) < 4.78 is 34.1. The molecule has 4 heterocycles. The molecule has 0 saturated carbocycles. The predicted molar refractivity (Wildman–Crippen MR) is 178 cm³/mol. The highest BCUT2D eigenvalue weighted by Gasteiger charge is 2.63. The Kier molecular flexibility index (Phi) is 12.5. The van der Waals surface area contributed by atoms with Crippen molar-refractivity contribution in [2.75, 3.05) is 6.61 Å². The second-order valence-electron chi connectivity index (χ2n) is 11.7. The van der Waals surface area contributed by atoms with Crippen molar-refractivity contribution in [3.8, 4) is 0 Å². The average molecular weight is 723 g/mol. The molecule has 1 fully saturated rings. The molecule has 13 nitrogen and oxygen atoms in total. The van der Waals surface area contributed by atoms with Gasteiger partial charge in [0.05, 0.1) is 21.6 Å². The van der Waals surface area contributed by atoms with Gasteiger partial charge in [-0.1, -0.05) is 17.7 Å². The van der Waals surface area contributed by atoms with Crippen LogP contribution in [0.25, 0.3) is 6.08 Å². The first-order valence-corrected chi connectivity index (χ1v) is 18.4. The summed E-state index contributed by atoms with van der Waals surface area (Å²) in [6, 6.07) is -0.491. The second kappa shape index (κ2) is 16.0. The van der Waals surface area contributed by atoms with Gasteiger partial charge in [0.25, 0.3) is 0 Å². The molecule has 3 aliphatic heterocycles. The largest absolute Gasteiger partial charge is 0.463 e. The molecular formula is C32H38N2O11S3. The van der Waals surface area contributed by atoms with Gasteiger partial charge in [0.15, 0.2) is 12.1 Å². The lowest BCUT2D eigenvalue weighted by Crippen LogP contribution is -2.55. The predicted octanol–water partition coefficient (Wildman–Crippen LogP) is 3.18. The van der Waals surface area contributed by atoms with E-state index in [4.69, 9.17) is 18.9 Å². The van der Waals surface area contributed by atoms with Gasteiger partial charge in [-0.25, -0.2) is 9.19 Å². The van der Waals surface area contributed by atoms with Crippen LogP contribution >= 0.6 is 22.1 Å². The molecule has 2 N–H and O–H groups in total. The Hall–Kier alpha value is -3.28. The maximum atomic E-state index is 13.5. The zero-order chi connectivity index (χ0) is 35.2. The fourth-order valence-electron chi connectivity index (χ4n) is 5.22. The van der Waals surface area contributed by atoms with Crippen LogP contribution in [-0.4, -0.2) is 84.6 Å². The average Bonchev–Trinajstić information content (AvgIpc) is 3.54. The molecule has 8 atom stereocenters. The number of ketones is 1. The molecular weight excluding hydrogens is 685 g/mol. The van der Waals surface area contributed by atoms with Crippen LogP contribution in [0.2, 0.25) is 0 Å². The third kappa shape index (κ3) is 9.03. The summed E-state index contributed by atoms with van der Waals surface area (Å²) >= 11 is 1.32. The third-order valence-electron chi connectivity index (χ3n) is 7.93. The lowest BCUT2D eigenvalue weighted by Gasteiger charge is -2.36. The number of thiazole rings is 1. The first-order chi connectivity index (χ1) is 22.6. The number of rotatable bonds is 5. The molecule has 1 amide bonds. The standard InChI is InChI=1S/C32H38N2O11S3/c1-18-12-13-32(31(5,40)30(39)47-48(32)41)15-27(38)33-19(2)29-34-22(17-46-29)8-6-7-9-23(37)25(14-18)44-28-11-10-24(43-21(4)36)26(45-28)16-42-20(3)35/h6-11,14,17,19,24-26,28,40H,12-13,15-16H2,1-5H3,(H,33,38)/b8-6-,9-7+,18-14+/t19?,24-,25?,26+,28?,31?,32?,48?/m0/s1. The van der Waals surface area contributed by atoms with Crippen LogP contribution in [0.1, 0.15) is 70.6 Å². The van der Waals surface area contributed by atoms with Crippen molar-refractivity contribution in [2.24, 2.45) is 0 Å². The normalized spacial score (nSPS) is 35.5. The van der Waals surface area contributed by atoms with E-state index in [0.29, 0.717) is 27.1 Å². The van der Waals surface area contributed by atoms with E-state index in [0.717, 1.165) is 0 Å². The number of aromatic nitrogens is 1. The highest BCUT2D eigenvalue weighted by molar-refractivity contribution is 8.76. The minimum Gasteiger partial charge on any atom is -0.463 e. The van der Waals surface area contributed by atoms with Crippen LogP contribution in [0, 0.1) is 0 Å². The molecule has 4 rings (SSSR count). The molecule has 3 aliphatic rings. The van der Waals surface area contributed by atoms with Gasteiger partial charge in [0, 0.05) is 36.4 Å². The van der Waals surface area contributed by atoms with E-state index in [9.17, 15) is 33.3 Å². The Morgan fingerprint density at radius 3 is 2.56 bits per heavy atom. The summed E-state index contributed by atoms with van der Waals surface area (Å²) in [6.07, 6.45) is 6.35. The van der Waals surface area contributed by atoms with Gasteiger partial charge < -0.3 is 29.4 Å². The van der Waals surface area contributed by atoms with Crippen molar-refractivity contribution in [3.63, 3.8) is 0 Å². The summed E-state index contributed by atoms with van der Waals surface area (Å²) in [5, 5.41) is 15.9. The number of ether oxygens (including phenoxy) is 4. The monoisotopic (exact) mass is 722 g/mol. The SMILES string of the molecule is CC(=O)OC[C@H]1OC(OC2/C=C(\C)CCC3(CC(=O)NC(C)c4nc(cs4)/C=C\C=C\C2=O)S(=O)SC(=O)C3(C)O)C=C[C@@H]1OC(C)=O. The van der Waals surface area contributed by atoms with Crippen molar-refractivity contribution in [1.82, 2.24) is 10.3 Å². The van der Waals surface area contributed by atoms with Crippen molar-refractivity contribution in [1.29, 1.82) is 0 Å². The van der Waals surface area contributed by atoms with E-state index >= 15 is 0 Å². The van der Waals surface area contributed by atoms with E-state index in [1.807, 2.05) is 0 Å². The van der Waals surface area contributed by atoms with Crippen LogP contribution in [-0.2, 0) is 52.8 Å². The number of carbonyl (C=O) groups excluding carboxylic acids is 5. The van der Waals surface area contributed by atoms with E-state index in [1.54, 1.807) is 37.5 Å². The smallest absolute Gasteiger partial charge is 0.303 e. The van der Waals surface area contributed by atoms with E-state index in [1.165, 1.54) is 56.4 Å². The third-order valence-corrected chi connectivity index (χ3v) is 12.9. The fraction of sp³-hybridized carbons (Fsp3) is 0.500. The lowest BCUT2D eigenvalue weighted by molar-refractivity contribution is -0.203. The molecule has 1 spiro atoms. The zero-order valence-electron chi connectivity index (χ0n) is 27.0.